The molecule has 2 bridgehead atoms. The van der Waals surface area contributed by atoms with Gasteiger partial charge >= 0.3 is 0 Å². The van der Waals surface area contributed by atoms with Crippen molar-refractivity contribution in [2.45, 2.75) is 44.3 Å². The van der Waals surface area contributed by atoms with Gasteiger partial charge in [-0.2, -0.15) is 0 Å². The summed E-state index contributed by atoms with van der Waals surface area (Å²) in [7, 11) is 1.97. The Balaban J connectivity index is 1.37. The van der Waals surface area contributed by atoms with E-state index in [1.54, 1.807) is 0 Å². The van der Waals surface area contributed by atoms with Crippen molar-refractivity contribution in [2.24, 2.45) is 18.9 Å². The number of nitrogens with zero attached hydrogens (tertiary/aromatic N) is 3. The predicted octanol–water partition coefficient (Wildman–Crippen LogP) is 1.18. The summed E-state index contributed by atoms with van der Waals surface area (Å²) in [5.74, 6) is 1.60. The highest BCUT2D eigenvalue weighted by molar-refractivity contribution is 5.89. The number of hydrogen-bond donors (Lipinski definition) is 2. The highest BCUT2D eigenvalue weighted by Gasteiger charge is 2.50. The first-order valence-corrected chi connectivity index (χ1v) is 10.3. The van der Waals surface area contributed by atoms with E-state index in [2.05, 4.69) is 15.6 Å². The molecule has 0 radical (unpaired) electrons. The Kier molecular flexibility index (Phi) is 4.34. The zero-order valence-corrected chi connectivity index (χ0v) is 16.2. The molecule has 28 heavy (non-hydrogen) atoms. The van der Waals surface area contributed by atoms with E-state index in [1.165, 1.54) is 0 Å². The number of amides is 2. The van der Waals surface area contributed by atoms with Gasteiger partial charge in [0.25, 0.3) is 0 Å². The van der Waals surface area contributed by atoms with E-state index in [4.69, 9.17) is 0 Å². The van der Waals surface area contributed by atoms with Gasteiger partial charge in [-0.1, -0.05) is 12.1 Å². The maximum Gasteiger partial charge on any atom is 0.243 e. The molecule has 0 spiro atoms. The van der Waals surface area contributed by atoms with Crippen molar-refractivity contribution in [1.29, 1.82) is 0 Å². The van der Waals surface area contributed by atoms with E-state index in [-0.39, 0.29) is 29.8 Å². The van der Waals surface area contributed by atoms with Crippen LogP contribution >= 0.6 is 0 Å². The minimum atomic E-state index is -0.364. The lowest BCUT2D eigenvalue weighted by Gasteiger charge is -2.53. The Morgan fingerprint density at radius 1 is 1.29 bits per heavy atom. The second kappa shape index (κ2) is 6.88. The Morgan fingerprint density at radius 2 is 2.11 bits per heavy atom. The second-order valence-electron chi connectivity index (χ2n) is 8.41. The molecule has 3 fully saturated rings. The van der Waals surface area contributed by atoms with Gasteiger partial charge in [-0.25, -0.2) is 4.98 Å². The smallest absolute Gasteiger partial charge is 0.243 e. The third kappa shape index (κ3) is 2.80. The van der Waals surface area contributed by atoms with E-state index in [0.29, 0.717) is 18.9 Å². The van der Waals surface area contributed by atoms with E-state index in [1.807, 2.05) is 40.8 Å². The van der Waals surface area contributed by atoms with E-state index >= 15 is 0 Å². The second-order valence-corrected chi connectivity index (χ2v) is 8.41. The number of benzene rings is 1. The minimum absolute atomic E-state index is 0.0422. The molecule has 7 nitrogen and oxygen atoms in total. The Labute approximate surface area is 164 Å². The van der Waals surface area contributed by atoms with Gasteiger partial charge in [-0.15, -0.1) is 0 Å². The predicted molar refractivity (Wildman–Crippen MR) is 105 cm³/mol. The van der Waals surface area contributed by atoms with Crippen molar-refractivity contribution in [3.63, 3.8) is 0 Å². The lowest BCUT2D eigenvalue weighted by atomic mass is 9.72. The monoisotopic (exact) mass is 381 g/mol. The van der Waals surface area contributed by atoms with Gasteiger partial charge in [0, 0.05) is 32.0 Å². The molecular formula is C21H27N5O2. The van der Waals surface area contributed by atoms with E-state index < -0.39 is 0 Å². The van der Waals surface area contributed by atoms with Gasteiger partial charge in [0.05, 0.1) is 17.6 Å². The van der Waals surface area contributed by atoms with Gasteiger partial charge < -0.3 is 20.1 Å². The molecule has 1 aromatic heterocycles. The number of para-hydroxylation sites is 2. The number of fused-ring (bicyclic) bond motifs is 5. The highest BCUT2D eigenvalue weighted by atomic mass is 16.2. The van der Waals surface area contributed by atoms with Gasteiger partial charge in [0.15, 0.2) is 0 Å². The first-order chi connectivity index (χ1) is 13.6. The van der Waals surface area contributed by atoms with E-state index in [0.717, 1.165) is 49.2 Å². The summed E-state index contributed by atoms with van der Waals surface area (Å²) >= 11 is 0. The standard InChI is InChI=1S/C21H27N5O2/c1-25-17-6-3-2-5-15(17)24-18(25)12-23-21(28)20-14-9-13(10-22-11-14)16-7-4-8-19(27)26(16)20/h2-3,5-6,13-14,16,20,22H,4,7-12H2,1H3,(H,23,28)/t13-,14+,16+,20-/m1/s1. The molecule has 2 aromatic rings. The first-order valence-electron chi connectivity index (χ1n) is 10.3. The third-order valence-electron chi connectivity index (χ3n) is 6.81. The molecule has 4 atom stereocenters. The molecule has 0 unspecified atom stereocenters. The SMILES string of the molecule is Cn1c(CNC(=O)[C@H]2[C@@H]3CNC[C@@H](C3)[C@@H]3CCCC(=O)N32)nc2ccccc21. The summed E-state index contributed by atoms with van der Waals surface area (Å²) in [5.41, 5.74) is 1.98. The first kappa shape index (κ1) is 17.7. The molecule has 0 saturated carbocycles. The molecule has 3 aliphatic heterocycles. The Morgan fingerprint density at radius 3 is 2.96 bits per heavy atom. The summed E-state index contributed by atoms with van der Waals surface area (Å²) in [6, 6.07) is 7.80. The highest BCUT2D eigenvalue weighted by Crippen LogP contribution is 2.39. The summed E-state index contributed by atoms with van der Waals surface area (Å²) in [4.78, 5) is 32.5. The van der Waals surface area contributed by atoms with Crippen LogP contribution < -0.4 is 10.6 Å². The van der Waals surface area contributed by atoms with Crippen LogP contribution in [-0.2, 0) is 23.2 Å². The third-order valence-corrected chi connectivity index (χ3v) is 6.81. The van der Waals surface area contributed by atoms with Crippen LogP contribution in [0.15, 0.2) is 24.3 Å². The lowest BCUT2D eigenvalue weighted by Crippen LogP contribution is -2.67. The molecule has 7 heteroatoms. The largest absolute Gasteiger partial charge is 0.347 e. The Bertz CT molecular complexity index is 923. The summed E-state index contributed by atoms with van der Waals surface area (Å²) in [6.07, 6.45) is 3.55. The van der Waals surface area contributed by atoms with Gasteiger partial charge in [0.2, 0.25) is 11.8 Å². The van der Waals surface area contributed by atoms with Crippen LogP contribution in [0.4, 0.5) is 0 Å². The molecule has 4 heterocycles. The summed E-state index contributed by atoms with van der Waals surface area (Å²) in [5, 5.41) is 6.57. The normalized spacial score (nSPS) is 29.6. The molecule has 3 saturated heterocycles. The maximum atomic E-state index is 13.2. The number of imidazole rings is 1. The molecular weight excluding hydrogens is 354 g/mol. The summed E-state index contributed by atoms with van der Waals surface area (Å²) in [6.45, 7) is 2.13. The number of aryl methyl sites for hydroxylation is 1. The van der Waals surface area contributed by atoms with Crippen molar-refractivity contribution in [3.05, 3.63) is 30.1 Å². The van der Waals surface area contributed by atoms with Crippen molar-refractivity contribution >= 4 is 22.8 Å². The van der Waals surface area contributed by atoms with Crippen molar-refractivity contribution in [1.82, 2.24) is 25.1 Å². The molecule has 5 rings (SSSR count). The number of piperidine rings is 3. The van der Waals surface area contributed by atoms with Crippen molar-refractivity contribution in [2.75, 3.05) is 13.1 Å². The van der Waals surface area contributed by atoms with Crippen LogP contribution in [0.1, 0.15) is 31.5 Å². The fourth-order valence-corrected chi connectivity index (χ4v) is 5.47. The average molecular weight is 381 g/mol. The zero-order chi connectivity index (χ0) is 19.3. The lowest BCUT2D eigenvalue weighted by molar-refractivity contribution is -0.157. The fourth-order valence-electron chi connectivity index (χ4n) is 5.47. The molecule has 3 aliphatic rings. The van der Waals surface area contributed by atoms with Crippen molar-refractivity contribution < 1.29 is 9.59 Å². The number of aromatic nitrogens is 2. The summed E-state index contributed by atoms with van der Waals surface area (Å²) < 4.78 is 2.02. The number of nitrogens with one attached hydrogen (secondary N) is 2. The number of hydrogen-bond acceptors (Lipinski definition) is 4. The van der Waals surface area contributed by atoms with Crippen LogP contribution in [0.2, 0.25) is 0 Å². The number of carbonyl (C=O) groups is 2. The van der Waals surface area contributed by atoms with E-state index in [9.17, 15) is 9.59 Å². The maximum absolute atomic E-state index is 13.2. The van der Waals surface area contributed by atoms with Crippen molar-refractivity contribution in [3.8, 4) is 0 Å². The van der Waals surface area contributed by atoms with Gasteiger partial charge in [0.1, 0.15) is 11.9 Å². The number of rotatable bonds is 3. The number of carbonyl (C=O) groups excluding carboxylic acids is 2. The quantitative estimate of drug-likeness (QED) is 0.837. The molecule has 2 amide bonds. The van der Waals surface area contributed by atoms with Gasteiger partial charge in [-0.05, 0) is 43.9 Å². The topological polar surface area (TPSA) is 79.3 Å². The average Bonchev–Trinajstić information content (AvgIpc) is 3.03. The van der Waals surface area contributed by atoms with Crippen LogP contribution in [0.5, 0.6) is 0 Å². The fraction of sp³-hybridized carbons (Fsp3) is 0.571. The molecule has 1 aromatic carbocycles. The molecule has 2 N–H and O–H groups in total. The van der Waals surface area contributed by atoms with Crippen LogP contribution in [0.3, 0.4) is 0 Å². The molecule has 0 aliphatic carbocycles. The zero-order valence-electron chi connectivity index (χ0n) is 16.2. The van der Waals surface area contributed by atoms with Crippen LogP contribution in [0, 0.1) is 11.8 Å². The Hall–Kier alpha value is -2.41. The van der Waals surface area contributed by atoms with Crippen LogP contribution in [-0.4, -0.2) is 51.4 Å². The minimum Gasteiger partial charge on any atom is -0.347 e. The van der Waals surface area contributed by atoms with Crippen LogP contribution in [0.25, 0.3) is 11.0 Å². The van der Waals surface area contributed by atoms with Gasteiger partial charge in [-0.3, -0.25) is 9.59 Å². The molecule has 148 valence electrons.